The third-order valence-corrected chi connectivity index (χ3v) is 4.09. The van der Waals surface area contributed by atoms with E-state index in [0.29, 0.717) is 21.6 Å². The van der Waals surface area contributed by atoms with Crippen molar-refractivity contribution in [1.29, 1.82) is 0 Å². The van der Waals surface area contributed by atoms with Crippen molar-refractivity contribution >= 4 is 50.0 Å². The molecule has 0 fully saturated rings. The maximum atomic E-state index is 12.2. The molecule has 23 heavy (non-hydrogen) atoms. The number of pyridine rings is 1. The molecule has 0 saturated heterocycles. The van der Waals surface area contributed by atoms with Crippen LogP contribution in [0.1, 0.15) is 0 Å². The van der Waals surface area contributed by atoms with Gasteiger partial charge in [0.05, 0.1) is 5.52 Å². The quantitative estimate of drug-likeness (QED) is 0.732. The first-order valence-electron chi connectivity index (χ1n) is 6.87. The summed E-state index contributed by atoms with van der Waals surface area (Å²) in [5.41, 5.74) is 1.27. The van der Waals surface area contributed by atoms with Crippen molar-refractivity contribution < 1.29 is 4.79 Å². The maximum absolute atomic E-state index is 12.2. The zero-order valence-corrected chi connectivity index (χ0v) is 14.3. The van der Waals surface area contributed by atoms with Crippen LogP contribution in [-0.4, -0.2) is 10.5 Å². The van der Waals surface area contributed by atoms with Crippen LogP contribution < -0.4 is 10.7 Å². The number of aromatic nitrogens is 1. The largest absolute Gasteiger partial charge is 0.338 e. The van der Waals surface area contributed by atoms with Gasteiger partial charge in [-0.15, -0.1) is 0 Å². The first-order valence-corrected chi connectivity index (χ1v) is 8.04. The van der Waals surface area contributed by atoms with Crippen LogP contribution in [-0.2, 0) is 11.3 Å². The summed E-state index contributed by atoms with van der Waals surface area (Å²) in [5.74, 6) is -0.194. The lowest BCUT2D eigenvalue weighted by molar-refractivity contribution is -0.116. The van der Waals surface area contributed by atoms with Crippen molar-refractivity contribution in [1.82, 2.24) is 4.57 Å². The average molecular weight is 392 g/mol. The Balaban J connectivity index is 1.88. The summed E-state index contributed by atoms with van der Waals surface area (Å²) >= 11 is 9.26. The number of benzene rings is 2. The molecule has 6 heteroatoms. The van der Waals surface area contributed by atoms with Crippen LogP contribution in [0.2, 0.25) is 5.02 Å². The molecule has 116 valence electrons. The number of fused-ring (bicyclic) bond motifs is 1. The predicted molar refractivity (Wildman–Crippen MR) is 96.0 cm³/mol. The summed E-state index contributed by atoms with van der Waals surface area (Å²) in [6, 6.07) is 13.8. The van der Waals surface area contributed by atoms with Gasteiger partial charge in [-0.3, -0.25) is 9.59 Å². The molecule has 3 aromatic rings. The Labute approximate surface area is 145 Å². The highest BCUT2D eigenvalue weighted by Crippen LogP contribution is 2.18. The Morgan fingerprint density at radius 3 is 2.78 bits per heavy atom. The van der Waals surface area contributed by atoms with Crippen LogP contribution in [0.5, 0.6) is 0 Å². The number of carbonyl (C=O) groups excluding carboxylic acids is 1. The van der Waals surface area contributed by atoms with Crippen LogP contribution in [0.25, 0.3) is 10.9 Å². The fourth-order valence-corrected chi connectivity index (χ4v) is 2.89. The van der Waals surface area contributed by atoms with E-state index in [1.807, 2.05) is 12.1 Å². The van der Waals surface area contributed by atoms with E-state index >= 15 is 0 Å². The van der Waals surface area contributed by atoms with Crippen LogP contribution in [0.3, 0.4) is 0 Å². The Bertz CT molecular complexity index is 953. The molecule has 0 unspecified atom stereocenters. The number of nitrogens with zero attached hydrogens (tertiary/aromatic N) is 1. The number of anilines is 1. The molecule has 0 aliphatic rings. The molecular formula is C17H12BrClN2O2. The Kier molecular flexibility index (Phi) is 4.50. The van der Waals surface area contributed by atoms with Gasteiger partial charge in [-0.1, -0.05) is 33.6 Å². The smallest absolute Gasteiger partial charge is 0.244 e. The molecule has 1 N–H and O–H groups in total. The number of nitrogens with one attached hydrogen (secondary N) is 1. The Morgan fingerprint density at radius 2 is 2.00 bits per heavy atom. The van der Waals surface area contributed by atoms with Gasteiger partial charge < -0.3 is 9.88 Å². The van der Waals surface area contributed by atoms with Gasteiger partial charge in [-0.25, -0.2) is 0 Å². The van der Waals surface area contributed by atoms with Crippen molar-refractivity contribution in [3.05, 3.63) is 74.4 Å². The molecular weight excluding hydrogens is 380 g/mol. The predicted octanol–water partition coefficient (Wildman–Crippen LogP) is 4.06. The highest BCUT2D eigenvalue weighted by Gasteiger charge is 2.08. The number of amides is 1. The second-order valence-corrected chi connectivity index (χ2v) is 6.38. The zero-order chi connectivity index (χ0) is 16.4. The molecule has 0 aliphatic carbocycles. The van der Waals surface area contributed by atoms with Crippen LogP contribution >= 0.6 is 27.5 Å². The summed E-state index contributed by atoms with van der Waals surface area (Å²) in [6.45, 7) is 0.102. The summed E-state index contributed by atoms with van der Waals surface area (Å²) < 4.78 is 2.56. The van der Waals surface area contributed by atoms with Crippen LogP contribution in [0.4, 0.5) is 5.69 Å². The fourth-order valence-electron chi connectivity index (χ4n) is 2.34. The van der Waals surface area contributed by atoms with Gasteiger partial charge in [0.1, 0.15) is 6.54 Å². The van der Waals surface area contributed by atoms with Gasteiger partial charge in [0.2, 0.25) is 5.91 Å². The van der Waals surface area contributed by atoms with Gasteiger partial charge in [0.15, 0.2) is 5.43 Å². The number of halogens is 2. The Hall–Kier alpha value is -2.11. The van der Waals surface area contributed by atoms with Gasteiger partial charge >= 0.3 is 0 Å². The minimum absolute atomic E-state index is 0.0761. The van der Waals surface area contributed by atoms with Gasteiger partial charge in [-0.2, -0.15) is 0 Å². The second-order valence-electron chi connectivity index (χ2n) is 5.03. The lowest BCUT2D eigenvalue weighted by Gasteiger charge is -2.11. The third kappa shape index (κ3) is 3.63. The summed E-state index contributed by atoms with van der Waals surface area (Å²) in [7, 11) is 0. The molecule has 0 saturated carbocycles. The first-order chi connectivity index (χ1) is 11.0. The minimum Gasteiger partial charge on any atom is -0.338 e. The average Bonchev–Trinajstić information content (AvgIpc) is 2.50. The molecule has 0 bridgehead atoms. The van der Waals surface area contributed by atoms with Crippen LogP contribution in [0, 0.1) is 0 Å². The van der Waals surface area contributed by atoms with Crippen LogP contribution in [0.15, 0.2) is 64.0 Å². The van der Waals surface area contributed by atoms with E-state index < -0.39 is 0 Å². The highest BCUT2D eigenvalue weighted by molar-refractivity contribution is 9.10. The van der Waals surface area contributed by atoms with Crippen molar-refractivity contribution in [2.75, 3.05) is 5.32 Å². The monoisotopic (exact) mass is 390 g/mol. The van der Waals surface area contributed by atoms with E-state index in [4.69, 9.17) is 11.6 Å². The van der Waals surface area contributed by atoms with E-state index in [1.54, 1.807) is 41.1 Å². The summed E-state index contributed by atoms with van der Waals surface area (Å²) in [6.07, 6.45) is 1.62. The standard InChI is InChI=1S/C17H12BrClN2O2/c18-11-4-5-15-14(8-11)16(22)6-7-21(15)10-17(23)20-13-3-1-2-12(19)9-13/h1-9H,10H2,(H,20,23). The number of rotatable bonds is 3. The molecule has 2 aromatic carbocycles. The molecule has 3 rings (SSSR count). The van der Waals surface area contributed by atoms with Gasteiger partial charge in [-0.05, 0) is 36.4 Å². The van der Waals surface area contributed by atoms with E-state index in [0.717, 1.165) is 4.47 Å². The SMILES string of the molecule is O=C(Cn1ccc(=O)c2cc(Br)ccc21)Nc1cccc(Cl)c1. The number of hydrogen-bond acceptors (Lipinski definition) is 2. The highest BCUT2D eigenvalue weighted by atomic mass is 79.9. The number of carbonyl (C=O) groups is 1. The minimum atomic E-state index is -0.194. The molecule has 0 spiro atoms. The molecule has 1 heterocycles. The third-order valence-electron chi connectivity index (χ3n) is 3.36. The van der Waals surface area contributed by atoms with E-state index in [2.05, 4.69) is 21.2 Å². The van der Waals surface area contributed by atoms with Crippen molar-refractivity contribution in [2.45, 2.75) is 6.54 Å². The summed E-state index contributed by atoms with van der Waals surface area (Å²) in [5, 5.41) is 3.91. The van der Waals surface area contributed by atoms with E-state index in [9.17, 15) is 9.59 Å². The Morgan fingerprint density at radius 1 is 1.17 bits per heavy atom. The first kappa shape index (κ1) is 15.8. The van der Waals surface area contributed by atoms with Gasteiger partial charge in [0.25, 0.3) is 0 Å². The molecule has 0 atom stereocenters. The molecule has 1 amide bonds. The maximum Gasteiger partial charge on any atom is 0.244 e. The lowest BCUT2D eigenvalue weighted by Crippen LogP contribution is -2.20. The number of hydrogen-bond donors (Lipinski definition) is 1. The van der Waals surface area contributed by atoms with Gasteiger partial charge in [0, 0.05) is 32.8 Å². The topological polar surface area (TPSA) is 51.1 Å². The lowest BCUT2D eigenvalue weighted by atomic mass is 10.2. The van der Waals surface area contributed by atoms with Crippen molar-refractivity contribution in [2.24, 2.45) is 0 Å². The van der Waals surface area contributed by atoms with Crippen molar-refractivity contribution in [3.63, 3.8) is 0 Å². The molecule has 4 nitrogen and oxygen atoms in total. The summed E-state index contributed by atoms with van der Waals surface area (Å²) in [4.78, 5) is 24.2. The molecule has 0 radical (unpaired) electrons. The normalized spacial score (nSPS) is 10.7. The van der Waals surface area contributed by atoms with E-state index in [-0.39, 0.29) is 17.9 Å². The van der Waals surface area contributed by atoms with Crippen molar-refractivity contribution in [3.8, 4) is 0 Å². The molecule has 0 aliphatic heterocycles. The zero-order valence-electron chi connectivity index (χ0n) is 11.9. The van der Waals surface area contributed by atoms with E-state index in [1.165, 1.54) is 6.07 Å². The second kappa shape index (κ2) is 6.56. The molecule has 1 aromatic heterocycles. The fraction of sp³-hybridized carbons (Fsp3) is 0.0588.